The molecule has 2 nitrogen and oxygen atoms in total. The normalized spacial score (nSPS) is 16.6. The number of rotatable bonds is 4. The Labute approximate surface area is 114 Å². The number of carbonyl (C=O) groups is 1. The Bertz CT molecular complexity index is 413. The smallest absolute Gasteiger partial charge is 0.152 e. The van der Waals surface area contributed by atoms with E-state index in [4.69, 9.17) is 11.6 Å². The van der Waals surface area contributed by atoms with Gasteiger partial charge < -0.3 is 4.90 Å². The summed E-state index contributed by atoms with van der Waals surface area (Å²) in [5.74, 6) is 0.736. The van der Waals surface area contributed by atoms with E-state index in [1.54, 1.807) is 0 Å². The Morgan fingerprint density at radius 2 is 2.06 bits per heavy atom. The van der Waals surface area contributed by atoms with Gasteiger partial charge in [-0.05, 0) is 30.9 Å². The van der Waals surface area contributed by atoms with Crippen LogP contribution in [-0.4, -0.2) is 19.9 Å². The lowest BCUT2D eigenvalue weighted by Crippen LogP contribution is -2.27. The van der Waals surface area contributed by atoms with Gasteiger partial charge in [-0.3, -0.25) is 4.79 Å². The molecule has 1 fully saturated rings. The van der Waals surface area contributed by atoms with Crippen LogP contribution in [0.5, 0.6) is 0 Å². The molecule has 0 radical (unpaired) electrons. The summed E-state index contributed by atoms with van der Waals surface area (Å²) in [6, 6.07) is 5.50. The van der Waals surface area contributed by atoms with Crippen molar-refractivity contribution in [3.8, 4) is 0 Å². The summed E-state index contributed by atoms with van der Waals surface area (Å²) >= 11 is 6.22. The average molecular weight is 266 g/mol. The minimum absolute atomic E-state index is 0.665. The van der Waals surface area contributed by atoms with Crippen molar-refractivity contribution in [1.29, 1.82) is 0 Å². The minimum Gasteiger partial charge on any atom is -0.373 e. The second-order valence-electron chi connectivity index (χ2n) is 5.18. The molecule has 0 aromatic heterocycles. The predicted octanol–water partition coefficient (Wildman–Crippen LogP) is 4.17. The van der Waals surface area contributed by atoms with E-state index in [9.17, 15) is 4.79 Å². The third-order valence-corrected chi connectivity index (χ3v) is 4.09. The van der Waals surface area contributed by atoms with Gasteiger partial charge in [0, 0.05) is 19.2 Å². The van der Waals surface area contributed by atoms with Crippen LogP contribution in [0.1, 0.15) is 42.5 Å². The van der Waals surface area contributed by atoms with Crippen LogP contribution >= 0.6 is 11.6 Å². The number of hydrogen-bond donors (Lipinski definition) is 0. The van der Waals surface area contributed by atoms with Gasteiger partial charge in [0.1, 0.15) is 0 Å². The molecule has 2 rings (SSSR count). The fourth-order valence-corrected chi connectivity index (χ4v) is 3.20. The summed E-state index contributed by atoms with van der Waals surface area (Å²) in [7, 11) is 2.03. The van der Waals surface area contributed by atoms with Crippen LogP contribution in [0.15, 0.2) is 18.2 Å². The third-order valence-electron chi connectivity index (χ3n) is 3.78. The Hall–Kier alpha value is -1.02. The van der Waals surface area contributed by atoms with Crippen molar-refractivity contribution in [2.45, 2.75) is 32.1 Å². The number of halogens is 1. The molecule has 1 aromatic carbocycles. The summed E-state index contributed by atoms with van der Waals surface area (Å²) in [5, 5.41) is 0.665. The van der Waals surface area contributed by atoms with Gasteiger partial charge in [0.15, 0.2) is 6.29 Å². The molecule has 1 saturated carbocycles. The first kappa shape index (κ1) is 13.4. The molecule has 0 heterocycles. The molecule has 0 aliphatic heterocycles. The monoisotopic (exact) mass is 265 g/mol. The molecule has 0 unspecified atom stereocenters. The quantitative estimate of drug-likeness (QED) is 0.762. The second-order valence-corrected chi connectivity index (χ2v) is 5.59. The molecule has 0 spiro atoms. The number of para-hydroxylation sites is 1. The van der Waals surface area contributed by atoms with Crippen molar-refractivity contribution in [3.63, 3.8) is 0 Å². The van der Waals surface area contributed by atoms with Crippen molar-refractivity contribution >= 4 is 23.6 Å². The number of benzene rings is 1. The van der Waals surface area contributed by atoms with E-state index in [1.165, 1.54) is 32.1 Å². The van der Waals surface area contributed by atoms with Gasteiger partial charge in [-0.25, -0.2) is 0 Å². The van der Waals surface area contributed by atoms with Crippen molar-refractivity contribution in [3.05, 3.63) is 28.8 Å². The van der Waals surface area contributed by atoms with Crippen LogP contribution < -0.4 is 4.90 Å². The molecule has 98 valence electrons. The zero-order chi connectivity index (χ0) is 13.0. The molecule has 0 atom stereocenters. The lowest BCUT2D eigenvalue weighted by molar-refractivity contribution is 0.112. The van der Waals surface area contributed by atoms with E-state index in [0.29, 0.717) is 10.6 Å². The fraction of sp³-hybridized carbons (Fsp3) is 0.533. The van der Waals surface area contributed by atoms with Crippen LogP contribution in [0.4, 0.5) is 5.69 Å². The van der Waals surface area contributed by atoms with Gasteiger partial charge in [0.2, 0.25) is 0 Å². The highest BCUT2D eigenvalue weighted by Crippen LogP contribution is 2.31. The van der Waals surface area contributed by atoms with Crippen LogP contribution in [0.25, 0.3) is 0 Å². The molecule has 1 aliphatic rings. The lowest BCUT2D eigenvalue weighted by Gasteiger charge is -2.29. The maximum atomic E-state index is 11.1. The zero-order valence-corrected chi connectivity index (χ0v) is 11.6. The minimum atomic E-state index is 0.665. The highest BCUT2D eigenvalue weighted by Gasteiger charge is 2.18. The van der Waals surface area contributed by atoms with Gasteiger partial charge >= 0.3 is 0 Å². The Morgan fingerprint density at radius 1 is 1.33 bits per heavy atom. The van der Waals surface area contributed by atoms with Gasteiger partial charge in [0.05, 0.1) is 10.7 Å². The maximum absolute atomic E-state index is 11.1. The molecular formula is C15H20ClNO. The molecule has 0 bridgehead atoms. The third kappa shape index (κ3) is 3.05. The predicted molar refractivity (Wildman–Crippen MR) is 76.7 cm³/mol. The van der Waals surface area contributed by atoms with Gasteiger partial charge in [0.25, 0.3) is 0 Å². The first-order chi connectivity index (χ1) is 8.72. The first-order valence-electron chi connectivity index (χ1n) is 6.67. The van der Waals surface area contributed by atoms with Crippen LogP contribution in [0.2, 0.25) is 5.02 Å². The van der Waals surface area contributed by atoms with E-state index >= 15 is 0 Å². The van der Waals surface area contributed by atoms with E-state index in [0.717, 1.165) is 24.4 Å². The zero-order valence-electron chi connectivity index (χ0n) is 10.9. The molecule has 3 heteroatoms. The molecule has 0 N–H and O–H groups in total. The number of hydrogen-bond acceptors (Lipinski definition) is 2. The highest BCUT2D eigenvalue weighted by atomic mass is 35.5. The topological polar surface area (TPSA) is 20.3 Å². The van der Waals surface area contributed by atoms with Crippen molar-refractivity contribution in [2.24, 2.45) is 5.92 Å². The molecule has 1 aliphatic carbocycles. The Kier molecular flexibility index (Phi) is 4.65. The molecule has 0 saturated heterocycles. The largest absolute Gasteiger partial charge is 0.373 e. The summed E-state index contributed by atoms with van der Waals surface area (Å²) in [5.41, 5.74) is 1.56. The highest BCUT2D eigenvalue weighted by molar-refractivity contribution is 6.33. The van der Waals surface area contributed by atoms with Crippen LogP contribution in [0.3, 0.4) is 0 Å². The first-order valence-corrected chi connectivity index (χ1v) is 7.05. The van der Waals surface area contributed by atoms with E-state index in [1.807, 2.05) is 25.2 Å². The van der Waals surface area contributed by atoms with Gasteiger partial charge in [-0.15, -0.1) is 0 Å². The molecule has 1 aromatic rings. The van der Waals surface area contributed by atoms with Gasteiger partial charge in [-0.1, -0.05) is 36.9 Å². The second kappa shape index (κ2) is 6.24. The van der Waals surface area contributed by atoms with E-state index in [-0.39, 0.29) is 0 Å². The molecular weight excluding hydrogens is 246 g/mol. The SMILES string of the molecule is CN(CC1CCCCC1)c1c(Cl)cccc1C=O. The van der Waals surface area contributed by atoms with Crippen molar-refractivity contribution in [1.82, 2.24) is 0 Å². The molecule has 18 heavy (non-hydrogen) atoms. The average Bonchev–Trinajstić information content (AvgIpc) is 2.39. The lowest BCUT2D eigenvalue weighted by atomic mass is 9.89. The maximum Gasteiger partial charge on any atom is 0.152 e. The van der Waals surface area contributed by atoms with Crippen molar-refractivity contribution in [2.75, 3.05) is 18.5 Å². The summed E-state index contributed by atoms with van der Waals surface area (Å²) in [4.78, 5) is 13.2. The summed E-state index contributed by atoms with van der Waals surface area (Å²) < 4.78 is 0. The summed E-state index contributed by atoms with van der Waals surface area (Å²) in [6.45, 7) is 0.991. The van der Waals surface area contributed by atoms with Crippen molar-refractivity contribution < 1.29 is 4.79 Å². The van der Waals surface area contributed by atoms with Crippen LogP contribution in [-0.2, 0) is 0 Å². The number of carbonyl (C=O) groups excluding carboxylic acids is 1. The van der Waals surface area contributed by atoms with Gasteiger partial charge in [-0.2, -0.15) is 0 Å². The number of aldehydes is 1. The summed E-state index contributed by atoms with van der Waals surface area (Å²) in [6.07, 6.45) is 7.52. The Morgan fingerprint density at radius 3 is 2.72 bits per heavy atom. The Balaban J connectivity index is 2.12. The van der Waals surface area contributed by atoms with E-state index in [2.05, 4.69) is 4.90 Å². The number of anilines is 1. The van der Waals surface area contributed by atoms with E-state index < -0.39 is 0 Å². The molecule has 0 amide bonds. The fourth-order valence-electron chi connectivity index (χ4n) is 2.88. The standard InChI is InChI=1S/C15H20ClNO/c1-17(10-12-6-3-2-4-7-12)15-13(11-18)8-5-9-14(15)16/h5,8-9,11-12H,2-4,6-7,10H2,1H3. The van der Waals surface area contributed by atoms with Crippen LogP contribution in [0, 0.1) is 5.92 Å². The number of nitrogens with zero attached hydrogens (tertiary/aromatic N) is 1.